The van der Waals surface area contributed by atoms with E-state index >= 15 is 0 Å². The van der Waals surface area contributed by atoms with Gasteiger partial charge in [-0.05, 0) is 54.6 Å². The van der Waals surface area contributed by atoms with Gasteiger partial charge in [-0.25, -0.2) is 4.98 Å². The number of hydrogen-bond donors (Lipinski definition) is 2. The van der Waals surface area contributed by atoms with E-state index in [1.54, 1.807) is 49.6 Å². The number of hydrogen-bond acceptors (Lipinski definition) is 7. The molecule has 2 aromatic carbocycles. The van der Waals surface area contributed by atoms with Crippen molar-refractivity contribution in [1.82, 2.24) is 20.1 Å². The van der Waals surface area contributed by atoms with E-state index in [2.05, 4.69) is 25.4 Å². The molecule has 2 N–H and O–H groups in total. The third kappa shape index (κ3) is 4.01. The highest BCUT2D eigenvalue weighted by Crippen LogP contribution is 2.23. The average Bonchev–Trinajstić information content (AvgIpc) is 3.53. The SMILES string of the molecule is Cc1nc(COc2ccc(C(=O)Nc3ccc4nc(-c5ccco5)[nH]c4c3)cc2)no1. The quantitative estimate of drug-likeness (QED) is 0.423. The van der Waals surface area contributed by atoms with Crippen LogP contribution in [0.4, 0.5) is 5.69 Å². The average molecular weight is 415 g/mol. The summed E-state index contributed by atoms with van der Waals surface area (Å²) >= 11 is 0. The van der Waals surface area contributed by atoms with Crippen LogP contribution in [0.3, 0.4) is 0 Å². The Balaban J connectivity index is 1.25. The number of carbonyl (C=O) groups excluding carboxylic acids is 1. The molecule has 0 atom stereocenters. The fourth-order valence-electron chi connectivity index (χ4n) is 3.07. The zero-order valence-electron chi connectivity index (χ0n) is 16.5. The summed E-state index contributed by atoms with van der Waals surface area (Å²) in [6.45, 7) is 1.90. The van der Waals surface area contributed by atoms with Crippen LogP contribution in [0.25, 0.3) is 22.6 Å². The highest BCUT2D eigenvalue weighted by Gasteiger charge is 2.11. The monoisotopic (exact) mass is 415 g/mol. The molecule has 0 bridgehead atoms. The molecular formula is C22H17N5O4. The Labute approximate surface area is 176 Å². The maximum atomic E-state index is 12.6. The van der Waals surface area contributed by atoms with Crippen LogP contribution < -0.4 is 10.1 Å². The van der Waals surface area contributed by atoms with E-state index in [9.17, 15) is 4.79 Å². The minimum absolute atomic E-state index is 0.188. The first-order valence-corrected chi connectivity index (χ1v) is 9.51. The summed E-state index contributed by atoms with van der Waals surface area (Å²) in [5.74, 6) is 2.60. The van der Waals surface area contributed by atoms with Crippen molar-refractivity contribution in [2.45, 2.75) is 13.5 Å². The number of carbonyl (C=O) groups is 1. The van der Waals surface area contributed by atoms with Crippen LogP contribution in [-0.4, -0.2) is 26.0 Å². The number of nitrogens with one attached hydrogen (secondary N) is 2. The molecule has 3 heterocycles. The molecule has 5 rings (SSSR count). The first-order chi connectivity index (χ1) is 15.1. The molecule has 0 aliphatic heterocycles. The van der Waals surface area contributed by atoms with Gasteiger partial charge < -0.3 is 24.0 Å². The Bertz CT molecular complexity index is 1340. The summed E-state index contributed by atoms with van der Waals surface area (Å²) in [5.41, 5.74) is 2.73. The first kappa shape index (κ1) is 18.6. The van der Waals surface area contributed by atoms with Crippen molar-refractivity contribution in [3.05, 3.63) is 78.1 Å². The number of ether oxygens (including phenoxy) is 1. The van der Waals surface area contributed by atoms with Gasteiger partial charge in [0, 0.05) is 18.2 Å². The van der Waals surface area contributed by atoms with Gasteiger partial charge in [0.15, 0.2) is 18.2 Å². The van der Waals surface area contributed by atoms with E-state index in [4.69, 9.17) is 13.7 Å². The Morgan fingerprint density at radius 2 is 2.00 bits per heavy atom. The molecule has 1 amide bonds. The number of anilines is 1. The van der Waals surface area contributed by atoms with Gasteiger partial charge in [-0.15, -0.1) is 0 Å². The van der Waals surface area contributed by atoms with E-state index in [1.165, 1.54) is 0 Å². The summed E-state index contributed by atoms with van der Waals surface area (Å²) in [4.78, 5) is 24.4. The number of benzene rings is 2. The van der Waals surface area contributed by atoms with Gasteiger partial charge in [-0.2, -0.15) is 4.98 Å². The minimum Gasteiger partial charge on any atom is -0.485 e. The minimum atomic E-state index is -0.231. The Hall–Kier alpha value is -4.40. The third-order valence-electron chi connectivity index (χ3n) is 4.55. The van der Waals surface area contributed by atoms with Gasteiger partial charge in [-0.3, -0.25) is 4.79 Å². The maximum Gasteiger partial charge on any atom is 0.255 e. The second-order valence-electron chi connectivity index (χ2n) is 6.79. The second kappa shape index (κ2) is 7.79. The molecule has 0 saturated carbocycles. The molecule has 0 aliphatic carbocycles. The predicted molar refractivity (Wildman–Crippen MR) is 112 cm³/mol. The van der Waals surface area contributed by atoms with Gasteiger partial charge in [0.2, 0.25) is 11.7 Å². The van der Waals surface area contributed by atoms with Gasteiger partial charge in [0.25, 0.3) is 5.91 Å². The predicted octanol–water partition coefficient (Wildman–Crippen LogP) is 4.35. The molecule has 0 radical (unpaired) electrons. The van der Waals surface area contributed by atoms with Crippen LogP contribution in [0.1, 0.15) is 22.1 Å². The van der Waals surface area contributed by atoms with Crippen molar-refractivity contribution < 1.29 is 18.5 Å². The van der Waals surface area contributed by atoms with E-state index < -0.39 is 0 Å². The van der Waals surface area contributed by atoms with E-state index in [0.717, 1.165) is 11.0 Å². The van der Waals surface area contributed by atoms with E-state index in [1.807, 2.05) is 18.2 Å². The number of rotatable bonds is 6. The number of aryl methyl sites for hydroxylation is 1. The zero-order chi connectivity index (χ0) is 21.2. The number of aromatic amines is 1. The van der Waals surface area contributed by atoms with Crippen LogP contribution in [0.15, 0.2) is 69.8 Å². The fraction of sp³-hybridized carbons (Fsp3) is 0.0909. The maximum absolute atomic E-state index is 12.6. The van der Waals surface area contributed by atoms with Crippen LogP contribution >= 0.6 is 0 Å². The normalized spacial score (nSPS) is 11.0. The highest BCUT2D eigenvalue weighted by molar-refractivity contribution is 6.05. The topological polar surface area (TPSA) is 119 Å². The number of H-pyrrole nitrogens is 1. The lowest BCUT2D eigenvalue weighted by Crippen LogP contribution is -2.11. The van der Waals surface area contributed by atoms with Crippen LogP contribution in [0, 0.1) is 6.92 Å². The molecule has 154 valence electrons. The summed E-state index contributed by atoms with van der Waals surface area (Å²) in [6.07, 6.45) is 1.59. The molecule has 0 fully saturated rings. The molecule has 5 aromatic rings. The standard InChI is InChI=1S/C22H17N5O4/c1-13-23-20(27-31-13)12-30-16-7-4-14(5-8-16)22(28)24-15-6-9-17-18(11-15)26-21(25-17)19-3-2-10-29-19/h2-11H,12H2,1H3,(H,24,28)(H,25,26). The van der Waals surface area contributed by atoms with Crippen molar-refractivity contribution in [2.24, 2.45) is 0 Å². The Morgan fingerprint density at radius 3 is 2.74 bits per heavy atom. The lowest BCUT2D eigenvalue weighted by molar-refractivity contribution is 0.102. The summed E-state index contributed by atoms with van der Waals surface area (Å²) in [7, 11) is 0. The van der Waals surface area contributed by atoms with Crippen molar-refractivity contribution >= 4 is 22.6 Å². The van der Waals surface area contributed by atoms with Gasteiger partial charge in [-0.1, -0.05) is 5.16 Å². The second-order valence-corrected chi connectivity index (χ2v) is 6.79. The van der Waals surface area contributed by atoms with Gasteiger partial charge >= 0.3 is 0 Å². The first-order valence-electron chi connectivity index (χ1n) is 9.51. The van der Waals surface area contributed by atoms with Crippen LogP contribution in [-0.2, 0) is 6.61 Å². The number of furan rings is 1. The van der Waals surface area contributed by atoms with Crippen LogP contribution in [0.2, 0.25) is 0 Å². The lowest BCUT2D eigenvalue weighted by Gasteiger charge is -2.07. The summed E-state index contributed by atoms with van der Waals surface area (Å²) in [6, 6.07) is 15.9. The Morgan fingerprint density at radius 1 is 1.13 bits per heavy atom. The molecule has 31 heavy (non-hydrogen) atoms. The molecule has 0 spiro atoms. The molecule has 0 saturated heterocycles. The number of amides is 1. The zero-order valence-corrected chi connectivity index (χ0v) is 16.5. The Kier molecular flexibility index (Phi) is 4.68. The van der Waals surface area contributed by atoms with E-state index in [-0.39, 0.29) is 12.5 Å². The molecule has 3 aromatic heterocycles. The number of nitrogens with zero attached hydrogens (tertiary/aromatic N) is 3. The van der Waals surface area contributed by atoms with Crippen molar-refractivity contribution in [1.29, 1.82) is 0 Å². The molecule has 0 aliphatic rings. The van der Waals surface area contributed by atoms with Crippen molar-refractivity contribution in [3.63, 3.8) is 0 Å². The molecule has 9 nitrogen and oxygen atoms in total. The molecule has 9 heteroatoms. The van der Waals surface area contributed by atoms with E-state index in [0.29, 0.717) is 40.3 Å². The summed E-state index contributed by atoms with van der Waals surface area (Å²) < 4.78 is 15.9. The van der Waals surface area contributed by atoms with Crippen molar-refractivity contribution in [3.8, 4) is 17.3 Å². The number of aromatic nitrogens is 4. The number of imidazole rings is 1. The van der Waals surface area contributed by atoms with Gasteiger partial charge in [0.05, 0.1) is 17.3 Å². The number of fused-ring (bicyclic) bond motifs is 1. The summed E-state index contributed by atoms with van der Waals surface area (Å²) in [5, 5.41) is 6.66. The third-order valence-corrected chi connectivity index (χ3v) is 4.55. The van der Waals surface area contributed by atoms with Crippen molar-refractivity contribution in [2.75, 3.05) is 5.32 Å². The highest BCUT2D eigenvalue weighted by atomic mass is 16.5. The smallest absolute Gasteiger partial charge is 0.255 e. The largest absolute Gasteiger partial charge is 0.485 e. The molecule has 0 unspecified atom stereocenters. The van der Waals surface area contributed by atoms with Crippen LogP contribution in [0.5, 0.6) is 5.75 Å². The lowest BCUT2D eigenvalue weighted by atomic mass is 10.2. The molecular weight excluding hydrogens is 398 g/mol. The fourth-order valence-corrected chi connectivity index (χ4v) is 3.07. The van der Waals surface area contributed by atoms with Gasteiger partial charge in [0.1, 0.15) is 5.75 Å².